The number of hydrogen-bond donors (Lipinski definition) is 0. The van der Waals surface area contributed by atoms with Gasteiger partial charge >= 0.3 is 0 Å². The Morgan fingerprint density at radius 3 is 2.27 bits per heavy atom. The molecule has 0 aliphatic carbocycles. The summed E-state index contributed by atoms with van der Waals surface area (Å²) in [5, 5.41) is 0. The largest absolute Gasteiger partial charge is 0.748 e. The summed E-state index contributed by atoms with van der Waals surface area (Å²) in [4.78, 5) is 0. The third kappa shape index (κ3) is 9.05. The van der Waals surface area contributed by atoms with E-state index in [0.717, 1.165) is 37.1 Å². The molecule has 0 amide bonds. The highest BCUT2D eigenvalue weighted by atomic mass is 32.2. The minimum atomic E-state index is -4.07. The summed E-state index contributed by atoms with van der Waals surface area (Å²) in [7, 11) is -4.07. The molecule has 1 heterocycles. The summed E-state index contributed by atoms with van der Waals surface area (Å²) in [5.74, 6) is -0.238. The first-order valence-corrected chi connectivity index (χ1v) is 9.99. The Balaban J connectivity index is 2.28. The standard InChI is InChI=1S/C15H31NO5S/c1-2-20-13-14-21-12-11-16(8-4-3-5-9-16)10-6-7-15-22(17,18)19/h2-15H2,1H3. The third-order valence-electron chi connectivity index (χ3n) is 4.33. The lowest BCUT2D eigenvalue weighted by molar-refractivity contribution is -0.933. The van der Waals surface area contributed by atoms with Gasteiger partial charge in [-0.1, -0.05) is 0 Å². The molecule has 1 saturated heterocycles. The van der Waals surface area contributed by atoms with Crippen LogP contribution in [-0.4, -0.2) is 75.8 Å². The highest BCUT2D eigenvalue weighted by molar-refractivity contribution is 7.85. The van der Waals surface area contributed by atoms with E-state index in [1.165, 1.54) is 19.3 Å². The molecule has 1 aliphatic rings. The predicted octanol–water partition coefficient (Wildman–Crippen LogP) is 1.37. The van der Waals surface area contributed by atoms with E-state index in [1.54, 1.807) is 0 Å². The van der Waals surface area contributed by atoms with Crippen molar-refractivity contribution in [2.24, 2.45) is 0 Å². The van der Waals surface area contributed by atoms with Crippen molar-refractivity contribution in [1.82, 2.24) is 0 Å². The van der Waals surface area contributed by atoms with Gasteiger partial charge in [0.2, 0.25) is 0 Å². The summed E-state index contributed by atoms with van der Waals surface area (Å²) in [6, 6.07) is 0. The van der Waals surface area contributed by atoms with E-state index in [2.05, 4.69) is 0 Å². The molecule has 0 N–H and O–H groups in total. The lowest BCUT2D eigenvalue weighted by atomic mass is 10.1. The quantitative estimate of drug-likeness (QED) is 0.305. The topological polar surface area (TPSA) is 75.7 Å². The zero-order chi connectivity index (χ0) is 16.3. The second kappa shape index (κ2) is 10.5. The summed E-state index contributed by atoms with van der Waals surface area (Å²) in [6.45, 7) is 8.85. The first-order chi connectivity index (χ1) is 10.5. The molecule has 132 valence electrons. The number of ether oxygens (including phenoxy) is 2. The molecular formula is C15H31NO5S. The molecule has 0 aromatic carbocycles. The molecule has 1 rings (SSSR count). The van der Waals surface area contributed by atoms with Crippen LogP contribution in [0.2, 0.25) is 0 Å². The van der Waals surface area contributed by atoms with E-state index in [1.807, 2.05) is 6.92 Å². The van der Waals surface area contributed by atoms with Crippen LogP contribution in [0.3, 0.4) is 0 Å². The Morgan fingerprint density at radius 1 is 0.955 bits per heavy atom. The number of quaternary nitrogens is 1. The molecule has 0 saturated carbocycles. The molecular weight excluding hydrogens is 306 g/mol. The molecule has 0 aromatic rings. The molecule has 0 bridgehead atoms. The molecule has 0 unspecified atom stereocenters. The van der Waals surface area contributed by atoms with E-state index < -0.39 is 10.1 Å². The molecule has 1 aliphatic heterocycles. The molecule has 0 spiro atoms. The van der Waals surface area contributed by atoms with Crippen molar-refractivity contribution >= 4 is 10.1 Å². The van der Waals surface area contributed by atoms with Gasteiger partial charge in [0.25, 0.3) is 0 Å². The van der Waals surface area contributed by atoms with Gasteiger partial charge in [0.1, 0.15) is 6.54 Å². The fraction of sp³-hybridized carbons (Fsp3) is 1.00. The predicted molar refractivity (Wildman–Crippen MR) is 84.7 cm³/mol. The smallest absolute Gasteiger partial charge is 0.102 e. The summed E-state index contributed by atoms with van der Waals surface area (Å²) < 4.78 is 43.9. The number of hydrogen-bond acceptors (Lipinski definition) is 5. The number of piperidine rings is 1. The van der Waals surface area contributed by atoms with Gasteiger partial charge in [-0.05, 0) is 39.0 Å². The fourth-order valence-corrected chi connectivity index (χ4v) is 3.65. The van der Waals surface area contributed by atoms with Gasteiger partial charge in [-0.2, -0.15) is 0 Å². The van der Waals surface area contributed by atoms with Crippen molar-refractivity contribution in [3.63, 3.8) is 0 Å². The van der Waals surface area contributed by atoms with Crippen molar-refractivity contribution < 1.29 is 26.9 Å². The van der Waals surface area contributed by atoms with Gasteiger partial charge < -0.3 is 18.5 Å². The van der Waals surface area contributed by atoms with E-state index in [-0.39, 0.29) is 5.75 Å². The van der Waals surface area contributed by atoms with Crippen molar-refractivity contribution in [2.75, 3.05) is 58.4 Å². The maximum absolute atomic E-state index is 10.7. The van der Waals surface area contributed by atoms with E-state index in [9.17, 15) is 13.0 Å². The Kier molecular flexibility index (Phi) is 9.51. The second-order valence-electron chi connectivity index (χ2n) is 6.07. The van der Waals surface area contributed by atoms with E-state index >= 15 is 0 Å². The molecule has 0 radical (unpaired) electrons. The Morgan fingerprint density at radius 2 is 1.64 bits per heavy atom. The van der Waals surface area contributed by atoms with Crippen LogP contribution in [0.4, 0.5) is 0 Å². The number of nitrogens with zero attached hydrogens (tertiary/aromatic N) is 1. The van der Waals surface area contributed by atoms with Crippen LogP contribution in [0, 0.1) is 0 Å². The van der Waals surface area contributed by atoms with Crippen LogP contribution in [0.5, 0.6) is 0 Å². The highest BCUT2D eigenvalue weighted by Crippen LogP contribution is 2.20. The number of likely N-dealkylation sites (tertiary alicyclic amines) is 1. The van der Waals surface area contributed by atoms with Crippen LogP contribution in [0.1, 0.15) is 39.0 Å². The minimum Gasteiger partial charge on any atom is -0.748 e. The van der Waals surface area contributed by atoms with Crippen molar-refractivity contribution in [1.29, 1.82) is 0 Å². The Bertz CT molecular complexity index is 379. The Labute approximate surface area is 135 Å². The van der Waals surface area contributed by atoms with Gasteiger partial charge in [0.15, 0.2) is 0 Å². The van der Waals surface area contributed by atoms with Crippen LogP contribution in [-0.2, 0) is 19.6 Å². The third-order valence-corrected chi connectivity index (χ3v) is 5.12. The molecule has 7 heteroatoms. The van der Waals surface area contributed by atoms with Gasteiger partial charge in [0, 0.05) is 12.4 Å². The number of rotatable bonds is 12. The maximum atomic E-state index is 10.7. The van der Waals surface area contributed by atoms with Crippen molar-refractivity contribution in [2.45, 2.75) is 39.0 Å². The Hall–Kier alpha value is -0.210. The lowest BCUT2D eigenvalue weighted by Gasteiger charge is -2.41. The number of unbranched alkanes of at least 4 members (excludes halogenated alkanes) is 1. The normalized spacial score (nSPS) is 18.5. The van der Waals surface area contributed by atoms with Gasteiger partial charge in [-0.3, -0.25) is 0 Å². The van der Waals surface area contributed by atoms with Crippen LogP contribution < -0.4 is 0 Å². The summed E-state index contributed by atoms with van der Waals surface area (Å²) in [5.41, 5.74) is 0. The van der Waals surface area contributed by atoms with Crippen LogP contribution >= 0.6 is 0 Å². The zero-order valence-electron chi connectivity index (χ0n) is 13.8. The average molecular weight is 337 g/mol. The second-order valence-corrected chi connectivity index (χ2v) is 7.60. The highest BCUT2D eigenvalue weighted by Gasteiger charge is 2.28. The first-order valence-electron chi connectivity index (χ1n) is 8.42. The average Bonchev–Trinajstić information content (AvgIpc) is 2.48. The van der Waals surface area contributed by atoms with Crippen LogP contribution in [0.15, 0.2) is 0 Å². The van der Waals surface area contributed by atoms with E-state index in [0.29, 0.717) is 32.8 Å². The maximum Gasteiger partial charge on any atom is 0.102 e. The summed E-state index contributed by atoms with van der Waals surface area (Å²) >= 11 is 0. The van der Waals surface area contributed by atoms with Crippen molar-refractivity contribution in [3.8, 4) is 0 Å². The lowest BCUT2D eigenvalue weighted by Crippen LogP contribution is -2.53. The first kappa shape index (κ1) is 19.8. The van der Waals surface area contributed by atoms with Gasteiger partial charge in [0.05, 0.1) is 49.6 Å². The molecule has 0 aromatic heterocycles. The molecule has 0 atom stereocenters. The van der Waals surface area contributed by atoms with E-state index in [4.69, 9.17) is 9.47 Å². The minimum absolute atomic E-state index is 0.238. The van der Waals surface area contributed by atoms with Gasteiger partial charge in [-0.15, -0.1) is 0 Å². The summed E-state index contributed by atoms with van der Waals surface area (Å²) in [6.07, 6.45) is 4.98. The molecule has 1 fully saturated rings. The molecule has 22 heavy (non-hydrogen) atoms. The molecule has 6 nitrogen and oxygen atoms in total. The SMILES string of the molecule is CCOCCOCC[N+]1(CCCCS(=O)(=O)[O-])CCCCC1. The van der Waals surface area contributed by atoms with Crippen LogP contribution in [0.25, 0.3) is 0 Å². The van der Waals surface area contributed by atoms with Crippen molar-refractivity contribution in [3.05, 3.63) is 0 Å². The fourth-order valence-electron chi connectivity index (χ4n) is 3.09. The van der Waals surface area contributed by atoms with Gasteiger partial charge in [-0.25, -0.2) is 8.42 Å². The monoisotopic (exact) mass is 337 g/mol. The zero-order valence-corrected chi connectivity index (χ0v) is 14.6.